The number of nitrogens with zero attached hydrogens (tertiary/aromatic N) is 1. The lowest BCUT2D eigenvalue weighted by Gasteiger charge is -2.23. The van der Waals surface area contributed by atoms with Gasteiger partial charge in [0.15, 0.2) is 0 Å². The molecule has 1 atom stereocenters. The molecule has 18 heavy (non-hydrogen) atoms. The summed E-state index contributed by atoms with van der Waals surface area (Å²) in [7, 11) is 0. The Morgan fingerprint density at radius 1 is 1.11 bits per heavy atom. The normalized spacial score (nSPS) is 18.1. The monoisotopic (exact) mass is 255 g/mol. The van der Waals surface area contributed by atoms with Crippen LogP contribution in [0.3, 0.4) is 0 Å². The third-order valence-corrected chi connectivity index (χ3v) is 4.65. The number of fused-ring (bicyclic) bond motifs is 2. The molecule has 1 nitrogen and oxygen atoms in total. The van der Waals surface area contributed by atoms with Crippen LogP contribution in [0, 0.1) is 5.92 Å². The van der Waals surface area contributed by atoms with Gasteiger partial charge in [-0.3, -0.25) is 4.98 Å². The minimum Gasteiger partial charge on any atom is -0.260 e. The molecule has 1 aromatic heterocycles. The van der Waals surface area contributed by atoms with Gasteiger partial charge in [-0.25, -0.2) is 0 Å². The lowest BCUT2D eigenvalue weighted by atomic mass is 9.82. The summed E-state index contributed by atoms with van der Waals surface area (Å²) in [6.45, 7) is 4.60. The molecular weight excluding hydrogens is 238 g/mol. The molecule has 0 fully saturated rings. The Balaban J connectivity index is 2.21. The molecule has 2 heteroatoms. The number of pyridine rings is 1. The van der Waals surface area contributed by atoms with E-state index in [0.29, 0.717) is 11.8 Å². The quantitative estimate of drug-likeness (QED) is 0.745. The second-order valence-electron chi connectivity index (χ2n) is 5.09. The van der Waals surface area contributed by atoms with E-state index >= 15 is 0 Å². The van der Waals surface area contributed by atoms with Gasteiger partial charge >= 0.3 is 0 Å². The van der Waals surface area contributed by atoms with Crippen molar-refractivity contribution < 1.29 is 0 Å². The van der Waals surface area contributed by atoms with Crippen LogP contribution in [-0.4, -0.2) is 4.98 Å². The van der Waals surface area contributed by atoms with Gasteiger partial charge < -0.3 is 0 Å². The van der Waals surface area contributed by atoms with E-state index in [1.165, 1.54) is 21.7 Å². The van der Waals surface area contributed by atoms with Crippen LogP contribution in [0.4, 0.5) is 0 Å². The van der Waals surface area contributed by atoms with Crippen LogP contribution in [0.25, 0.3) is 0 Å². The molecule has 2 heterocycles. The van der Waals surface area contributed by atoms with Crippen molar-refractivity contribution in [1.29, 1.82) is 0 Å². The van der Waals surface area contributed by atoms with E-state index in [2.05, 4.69) is 55.2 Å². The van der Waals surface area contributed by atoms with E-state index in [-0.39, 0.29) is 0 Å². The predicted octanol–water partition coefficient (Wildman–Crippen LogP) is 4.48. The molecule has 1 unspecified atom stereocenters. The second kappa shape index (κ2) is 4.77. The topological polar surface area (TPSA) is 12.9 Å². The number of hydrogen-bond donors (Lipinski definition) is 0. The Morgan fingerprint density at radius 2 is 1.89 bits per heavy atom. The third-order valence-electron chi connectivity index (χ3n) is 3.55. The minimum absolute atomic E-state index is 0.472. The van der Waals surface area contributed by atoms with Crippen molar-refractivity contribution in [2.24, 2.45) is 5.92 Å². The summed E-state index contributed by atoms with van der Waals surface area (Å²) in [5.74, 6) is 2.05. The van der Waals surface area contributed by atoms with Gasteiger partial charge in [0.1, 0.15) is 0 Å². The molecule has 2 aromatic rings. The molecule has 1 aliphatic heterocycles. The highest BCUT2D eigenvalue weighted by atomic mass is 32.2. The number of aromatic nitrogens is 1. The van der Waals surface area contributed by atoms with Gasteiger partial charge in [-0.15, -0.1) is 11.8 Å². The summed E-state index contributed by atoms with van der Waals surface area (Å²) in [5.41, 5.74) is 4.12. The lowest BCUT2D eigenvalue weighted by molar-refractivity contribution is 0.554. The van der Waals surface area contributed by atoms with Gasteiger partial charge in [0.05, 0.1) is 5.69 Å². The summed E-state index contributed by atoms with van der Waals surface area (Å²) in [5, 5.41) is 0. The van der Waals surface area contributed by atoms with Crippen LogP contribution in [0.15, 0.2) is 47.5 Å². The fourth-order valence-electron chi connectivity index (χ4n) is 2.75. The zero-order valence-corrected chi connectivity index (χ0v) is 11.6. The van der Waals surface area contributed by atoms with Crippen molar-refractivity contribution in [2.45, 2.75) is 30.4 Å². The van der Waals surface area contributed by atoms with Crippen molar-refractivity contribution in [3.8, 4) is 0 Å². The summed E-state index contributed by atoms with van der Waals surface area (Å²) in [4.78, 5) is 5.99. The Labute approximate surface area is 113 Å². The van der Waals surface area contributed by atoms with Crippen molar-refractivity contribution in [3.05, 3.63) is 59.4 Å². The molecule has 0 amide bonds. The fraction of sp³-hybridized carbons (Fsp3) is 0.312. The first-order chi connectivity index (χ1) is 8.77. The number of benzene rings is 1. The van der Waals surface area contributed by atoms with Crippen LogP contribution in [0.5, 0.6) is 0 Å². The smallest absolute Gasteiger partial charge is 0.0544 e. The summed E-state index contributed by atoms with van der Waals surface area (Å²) in [6.07, 6.45) is 1.91. The van der Waals surface area contributed by atoms with Gasteiger partial charge in [-0.05, 0) is 29.2 Å². The summed E-state index contributed by atoms with van der Waals surface area (Å²) >= 11 is 1.91. The Morgan fingerprint density at radius 3 is 2.72 bits per heavy atom. The van der Waals surface area contributed by atoms with Crippen molar-refractivity contribution >= 4 is 11.8 Å². The van der Waals surface area contributed by atoms with Gasteiger partial charge in [0.25, 0.3) is 0 Å². The molecule has 0 saturated heterocycles. The Kier molecular flexibility index (Phi) is 3.13. The van der Waals surface area contributed by atoms with Gasteiger partial charge in [0, 0.05) is 22.8 Å². The standard InChI is InChI=1S/C16H17NS/c1-11(2)16-12-7-5-9-17-14(12)10-18-15-8-4-3-6-13(15)16/h3-9,11,16H,10H2,1-2H3. The largest absolute Gasteiger partial charge is 0.260 e. The van der Waals surface area contributed by atoms with Crippen LogP contribution in [0.2, 0.25) is 0 Å². The molecule has 0 radical (unpaired) electrons. The highest BCUT2D eigenvalue weighted by Crippen LogP contribution is 2.42. The summed E-state index contributed by atoms with van der Waals surface area (Å²) in [6, 6.07) is 13.1. The average Bonchev–Trinajstić information content (AvgIpc) is 2.55. The van der Waals surface area contributed by atoms with E-state index in [4.69, 9.17) is 0 Å². The molecular formula is C16H17NS. The first-order valence-electron chi connectivity index (χ1n) is 6.43. The Hall–Kier alpha value is -1.28. The van der Waals surface area contributed by atoms with Crippen molar-refractivity contribution in [1.82, 2.24) is 4.98 Å². The van der Waals surface area contributed by atoms with Crippen molar-refractivity contribution in [2.75, 3.05) is 0 Å². The first-order valence-corrected chi connectivity index (χ1v) is 7.41. The highest BCUT2D eigenvalue weighted by Gasteiger charge is 2.26. The SMILES string of the molecule is CC(C)C1c2ccccc2SCc2ncccc21. The molecule has 0 saturated carbocycles. The first kappa shape index (κ1) is 11.8. The molecule has 3 rings (SSSR count). The van der Waals surface area contributed by atoms with Crippen LogP contribution < -0.4 is 0 Å². The molecule has 0 N–H and O–H groups in total. The predicted molar refractivity (Wildman–Crippen MR) is 76.9 cm³/mol. The average molecular weight is 255 g/mol. The number of hydrogen-bond acceptors (Lipinski definition) is 2. The van der Waals surface area contributed by atoms with E-state index in [1.54, 1.807) is 0 Å². The minimum atomic E-state index is 0.472. The van der Waals surface area contributed by atoms with E-state index < -0.39 is 0 Å². The van der Waals surface area contributed by atoms with E-state index in [1.807, 2.05) is 18.0 Å². The number of rotatable bonds is 1. The van der Waals surface area contributed by atoms with Crippen molar-refractivity contribution in [3.63, 3.8) is 0 Å². The van der Waals surface area contributed by atoms with Crippen LogP contribution in [-0.2, 0) is 5.75 Å². The third kappa shape index (κ3) is 1.95. The van der Waals surface area contributed by atoms with Gasteiger partial charge in [0.2, 0.25) is 0 Å². The van der Waals surface area contributed by atoms with Crippen LogP contribution >= 0.6 is 11.8 Å². The maximum Gasteiger partial charge on any atom is 0.0544 e. The maximum absolute atomic E-state index is 4.57. The maximum atomic E-state index is 4.57. The van der Waals surface area contributed by atoms with Gasteiger partial charge in [-0.1, -0.05) is 38.1 Å². The van der Waals surface area contributed by atoms with E-state index in [0.717, 1.165) is 5.75 Å². The molecule has 1 aromatic carbocycles. The summed E-state index contributed by atoms with van der Waals surface area (Å²) < 4.78 is 0. The molecule has 1 aliphatic rings. The van der Waals surface area contributed by atoms with Crippen LogP contribution in [0.1, 0.15) is 36.6 Å². The molecule has 92 valence electrons. The fourth-order valence-corrected chi connectivity index (χ4v) is 3.82. The number of thioether (sulfide) groups is 1. The Bertz CT molecular complexity index is 515. The second-order valence-corrected chi connectivity index (χ2v) is 6.10. The highest BCUT2D eigenvalue weighted by molar-refractivity contribution is 7.98. The zero-order valence-electron chi connectivity index (χ0n) is 10.8. The zero-order chi connectivity index (χ0) is 12.5. The molecule has 0 bridgehead atoms. The lowest BCUT2D eigenvalue weighted by Crippen LogP contribution is -2.10. The molecule has 0 spiro atoms. The molecule has 0 aliphatic carbocycles. The van der Waals surface area contributed by atoms with E-state index in [9.17, 15) is 0 Å². The van der Waals surface area contributed by atoms with Gasteiger partial charge in [-0.2, -0.15) is 0 Å².